The van der Waals surface area contributed by atoms with Crippen molar-refractivity contribution in [3.8, 4) is 0 Å². The van der Waals surface area contributed by atoms with Crippen molar-refractivity contribution < 1.29 is 33.8 Å². The molecule has 0 aromatic carbocycles. The summed E-state index contributed by atoms with van der Waals surface area (Å²) < 4.78 is 14.6. The van der Waals surface area contributed by atoms with E-state index in [9.17, 15) is 14.2 Å². The SMILES string of the molecule is COC(=O)C(CC(=O)O)P(=O)(O)O. The van der Waals surface area contributed by atoms with Gasteiger partial charge in [-0.2, -0.15) is 0 Å². The summed E-state index contributed by atoms with van der Waals surface area (Å²) in [6.45, 7) is 0. The Hall–Kier alpha value is -0.910. The van der Waals surface area contributed by atoms with Crippen LogP contribution in [0.5, 0.6) is 0 Å². The van der Waals surface area contributed by atoms with E-state index < -0.39 is 31.6 Å². The van der Waals surface area contributed by atoms with E-state index in [1.807, 2.05) is 0 Å². The largest absolute Gasteiger partial charge is 0.481 e. The van der Waals surface area contributed by atoms with E-state index in [1.165, 1.54) is 0 Å². The maximum Gasteiger partial charge on any atom is 0.340 e. The first-order valence-corrected chi connectivity index (χ1v) is 4.82. The van der Waals surface area contributed by atoms with Crippen molar-refractivity contribution in [1.29, 1.82) is 0 Å². The number of carboxylic acid groups (broad SMARTS) is 1. The van der Waals surface area contributed by atoms with Gasteiger partial charge in [0.1, 0.15) is 0 Å². The maximum atomic E-state index is 10.7. The van der Waals surface area contributed by atoms with E-state index in [0.717, 1.165) is 7.11 Å². The van der Waals surface area contributed by atoms with E-state index in [0.29, 0.717) is 0 Å². The number of carbonyl (C=O) groups is 2. The Morgan fingerprint density at radius 1 is 1.46 bits per heavy atom. The second-order valence-corrected chi connectivity index (χ2v) is 4.03. The fourth-order valence-electron chi connectivity index (χ4n) is 0.641. The third-order valence-corrected chi connectivity index (χ3v) is 2.45. The standard InChI is InChI=1S/C5H9O7P/c1-12-5(8)3(2-4(6)7)13(9,10)11/h3H,2H2,1H3,(H,6,7)(H2,9,10,11). The summed E-state index contributed by atoms with van der Waals surface area (Å²) in [7, 11) is -3.83. The van der Waals surface area contributed by atoms with Gasteiger partial charge in [0, 0.05) is 0 Å². The highest BCUT2D eigenvalue weighted by Crippen LogP contribution is 2.43. The van der Waals surface area contributed by atoms with Crippen LogP contribution >= 0.6 is 7.60 Å². The van der Waals surface area contributed by atoms with Crippen LogP contribution in [-0.4, -0.2) is 39.6 Å². The first kappa shape index (κ1) is 12.1. The van der Waals surface area contributed by atoms with Crippen molar-refractivity contribution in [3.63, 3.8) is 0 Å². The molecular formula is C5H9O7P. The van der Waals surface area contributed by atoms with E-state index in [4.69, 9.17) is 14.9 Å². The predicted octanol–water partition coefficient (Wildman–Crippen LogP) is -0.820. The van der Waals surface area contributed by atoms with E-state index in [-0.39, 0.29) is 0 Å². The summed E-state index contributed by atoms with van der Waals surface area (Å²) >= 11 is 0. The Morgan fingerprint density at radius 3 is 2.15 bits per heavy atom. The van der Waals surface area contributed by atoms with Crippen LogP contribution in [0.1, 0.15) is 6.42 Å². The molecule has 1 atom stereocenters. The quantitative estimate of drug-likeness (QED) is 0.411. The summed E-state index contributed by atoms with van der Waals surface area (Å²) in [5, 5.41) is 8.24. The van der Waals surface area contributed by atoms with Gasteiger partial charge in [0.05, 0.1) is 13.5 Å². The minimum absolute atomic E-state index is 0.923. The Bertz CT molecular complexity index is 254. The van der Waals surface area contributed by atoms with Gasteiger partial charge in [-0.15, -0.1) is 0 Å². The van der Waals surface area contributed by atoms with Gasteiger partial charge < -0.3 is 19.6 Å². The minimum atomic E-state index is -4.76. The van der Waals surface area contributed by atoms with Crippen LogP contribution in [0, 0.1) is 0 Å². The summed E-state index contributed by atoms with van der Waals surface area (Å²) in [6, 6.07) is 0. The van der Waals surface area contributed by atoms with Crippen molar-refractivity contribution >= 4 is 19.5 Å². The number of aliphatic carboxylic acids is 1. The van der Waals surface area contributed by atoms with E-state index in [1.54, 1.807) is 0 Å². The molecular weight excluding hydrogens is 203 g/mol. The van der Waals surface area contributed by atoms with Crippen LogP contribution in [0.2, 0.25) is 0 Å². The van der Waals surface area contributed by atoms with Gasteiger partial charge in [-0.1, -0.05) is 0 Å². The molecule has 0 bridgehead atoms. The third kappa shape index (κ3) is 4.02. The minimum Gasteiger partial charge on any atom is -0.481 e. The molecule has 0 aromatic rings. The molecule has 0 saturated carbocycles. The van der Waals surface area contributed by atoms with Crippen LogP contribution in [0.15, 0.2) is 0 Å². The number of methoxy groups -OCH3 is 1. The second-order valence-electron chi connectivity index (χ2n) is 2.23. The first-order valence-electron chi connectivity index (χ1n) is 3.14. The van der Waals surface area contributed by atoms with Gasteiger partial charge >= 0.3 is 19.5 Å². The average molecular weight is 212 g/mol. The Balaban J connectivity index is 4.66. The molecule has 1 unspecified atom stereocenters. The number of hydrogen-bond acceptors (Lipinski definition) is 4. The molecule has 0 amide bonds. The molecule has 3 N–H and O–H groups in total. The van der Waals surface area contributed by atoms with E-state index in [2.05, 4.69) is 4.74 Å². The highest BCUT2D eigenvalue weighted by Gasteiger charge is 2.38. The Labute approximate surface area is 73.5 Å². The molecule has 0 saturated heterocycles. The summed E-state index contributed by atoms with van der Waals surface area (Å²) in [6.07, 6.45) is -0.947. The lowest BCUT2D eigenvalue weighted by atomic mass is 10.3. The molecule has 8 heteroatoms. The molecule has 0 fully saturated rings. The van der Waals surface area contributed by atoms with Gasteiger partial charge in [0.25, 0.3) is 0 Å². The van der Waals surface area contributed by atoms with Crippen LogP contribution in [0.25, 0.3) is 0 Å². The highest BCUT2D eigenvalue weighted by atomic mass is 31.2. The normalized spacial score (nSPS) is 13.5. The van der Waals surface area contributed by atoms with Crippen molar-refractivity contribution in [1.82, 2.24) is 0 Å². The molecule has 0 aliphatic carbocycles. The van der Waals surface area contributed by atoms with Crippen LogP contribution in [0.4, 0.5) is 0 Å². The highest BCUT2D eigenvalue weighted by molar-refractivity contribution is 7.53. The van der Waals surface area contributed by atoms with Gasteiger partial charge in [-0.25, -0.2) is 0 Å². The lowest BCUT2D eigenvalue weighted by molar-refractivity contribution is -0.145. The Kier molecular flexibility index (Phi) is 4.06. The maximum absolute atomic E-state index is 10.7. The van der Waals surface area contributed by atoms with E-state index >= 15 is 0 Å². The average Bonchev–Trinajstić information content (AvgIpc) is 1.96. The predicted molar refractivity (Wildman–Crippen MR) is 40.1 cm³/mol. The molecule has 0 aliphatic heterocycles. The van der Waals surface area contributed by atoms with Crippen LogP contribution in [-0.2, 0) is 18.9 Å². The molecule has 13 heavy (non-hydrogen) atoms. The van der Waals surface area contributed by atoms with Gasteiger partial charge in [0.2, 0.25) is 0 Å². The van der Waals surface area contributed by atoms with Crippen LogP contribution < -0.4 is 0 Å². The molecule has 0 heterocycles. The molecule has 0 rings (SSSR count). The monoisotopic (exact) mass is 212 g/mol. The first-order chi connectivity index (χ1) is 5.79. The number of esters is 1. The smallest absolute Gasteiger partial charge is 0.340 e. The van der Waals surface area contributed by atoms with Crippen molar-refractivity contribution in [3.05, 3.63) is 0 Å². The molecule has 7 nitrogen and oxygen atoms in total. The van der Waals surface area contributed by atoms with Crippen molar-refractivity contribution in [2.24, 2.45) is 0 Å². The van der Waals surface area contributed by atoms with Crippen LogP contribution in [0.3, 0.4) is 0 Å². The van der Waals surface area contributed by atoms with Crippen molar-refractivity contribution in [2.75, 3.05) is 7.11 Å². The summed E-state index contributed by atoms with van der Waals surface area (Å²) in [5.74, 6) is -2.70. The molecule has 0 radical (unpaired) electrons. The number of ether oxygens (including phenoxy) is 1. The fraction of sp³-hybridized carbons (Fsp3) is 0.600. The number of rotatable bonds is 4. The number of carboxylic acids is 1. The lowest BCUT2D eigenvalue weighted by Crippen LogP contribution is -2.25. The topological polar surface area (TPSA) is 121 Å². The molecule has 76 valence electrons. The molecule has 0 aromatic heterocycles. The van der Waals surface area contributed by atoms with Gasteiger partial charge in [-0.3, -0.25) is 14.2 Å². The number of hydrogen-bond donors (Lipinski definition) is 3. The number of carbonyl (C=O) groups excluding carboxylic acids is 1. The second kappa shape index (κ2) is 4.36. The Morgan fingerprint density at radius 2 is 1.92 bits per heavy atom. The summed E-state index contributed by atoms with van der Waals surface area (Å²) in [4.78, 5) is 38.0. The van der Waals surface area contributed by atoms with Crippen molar-refractivity contribution in [2.45, 2.75) is 12.1 Å². The lowest BCUT2D eigenvalue weighted by Gasteiger charge is -2.13. The zero-order valence-electron chi connectivity index (χ0n) is 6.71. The molecule has 0 spiro atoms. The third-order valence-electron chi connectivity index (χ3n) is 1.25. The zero-order chi connectivity index (χ0) is 10.6. The zero-order valence-corrected chi connectivity index (χ0v) is 7.60. The van der Waals surface area contributed by atoms with Gasteiger partial charge in [-0.05, 0) is 0 Å². The fourth-order valence-corrected chi connectivity index (χ4v) is 1.42. The van der Waals surface area contributed by atoms with Gasteiger partial charge in [0.15, 0.2) is 5.66 Å². The molecule has 0 aliphatic rings. The summed E-state index contributed by atoms with van der Waals surface area (Å²) in [5.41, 5.74) is -1.92.